The fraction of sp³-hybridized carbons (Fsp3) is 0.200. The van der Waals surface area contributed by atoms with Gasteiger partial charge >= 0.3 is 12.1 Å². The minimum atomic E-state index is -4.47. The number of nitrogens with zero attached hydrogens (tertiary/aromatic N) is 1. The van der Waals surface area contributed by atoms with Crippen molar-refractivity contribution in [3.05, 3.63) is 64.7 Å². The lowest BCUT2D eigenvalue weighted by molar-refractivity contribution is -0.138. The molecule has 0 bridgehead atoms. The summed E-state index contributed by atoms with van der Waals surface area (Å²) >= 11 is 0. The van der Waals surface area contributed by atoms with E-state index in [1.165, 1.54) is 25.3 Å². The van der Waals surface area contributed by atoms with Gasteiger partial charge in [-0.3, -0.25) is 0 Å². The molecule has 5 nitrogen and oxygen atoms in total. The van der Waals surface area contributed by atoms with E-state index in [2.05, 4.69) is 4.74 Å². The first-order chi connectivity index (χ1) is 13.3. The van der Waals surface area contributed by atoms with E-state index in [9.17, 15) is 18.0 Å². The molecule has 0 N–H and O–H groups in total. The summed E-state index contributed by atoms with van der Waals surface area (Å²) in [7, 11) is 2.60. The lowest BCUT2D eigenvalue weighted by Crippen LogP contribution is -2.05. The molecular weight excluding hydrogens is 375 g/mol. The molecule has 0 aromatic heterocycles. The van der Waals surface area contributed by atoms with E-state index in [4.69, 9.17) is 14.7 Å². The van der Waals surface area contributed by atoms with Crippen LogP contribution in [0.2, 0.25) is 0 Å². The Morgan fingerprint density at radius 2 is 1.93 bits per heavy atom. The second-order valence-electron chi connectivity index (χ2n) is 5.55. The van der Waals surface area contributed by atoms with Gasteiger partial charge in [0.05, 0.1) is 19.8 Å². The van der Waals surface area contributed by atoms with Crippen molar-refractivity contribution in [1.82, 2.24) is 0 Å². The van der Waals surface area contributed by atoms with Crippen LogP contribution >= 0.6 is 0 Å². The van der Waals surface area contributed by atoms with Crippen LogP contribution in [0.1, 0.15) is 16.7 Å². The summed E-state index contributed by atoms with van der Waals surface area (Å²) in [6, 6.07) is 11.1. The molecule has 2 aromatic carbocycles. The average Bonchev–Trinajstić information content (AvgIpc) is 2.69. The molecule has 146 valence electrons. The summed E-state index contributed by atoms with van der Waals surface area (Å²) in [4.78, 5) is 11.5. The van der Waals surface area contributed by atoms with Gasteiger partial charge in [-0.15, -0.1) is 0 Å². The van der Waals surface area contributed by atoms with Crippen LogP contribution in [-0.2, 0) is 22.3 Å². The predicted molar refractivity (Wildman–Crippen MR) is 94.4 cm³/mol. The summed E-state index contributed by atoms with van der Waals surface area (Å²) in [6.07, 6.45) is -3.14. The van der Waals surface area contributed by atoms with Crippen molar-refractivity contribution < 1.29 is 32.2 Å². The largest absolute Gasteiger partial charge is 0.496 e. The van der Waals surface area contributed by atoms with E-state index < -0.39 is 17.7 Å². The molecule has 28 heavy (non-hydrogen) atoms. The number of esters is 1. The van der Waals surface area contributed by atoms with Crippen molar-refractivity contribution in [2.24, 2.45) is 0 Å². The molecule has 0 radical (unpaired) electrons. The quantitative estimate of drug-likeness (QED) is 0.415. The van der Waals surface area contributed by atoms with Gasteiger partial charge in [0.25, 0.3) is 0 Å². The highest BCUT2D eigenvalue weighted by Gasteiger charge is 2.30. The molecule has 0 saturated carbocycles. The maximum Gasteiger partial charge on any atom is 0.416 e. The van der Waals surface area contributed by atoms with Crippen LogP contribution in [0.5, 0.6) is 11.5 Å². The lowest BCUT2D eigenvalue weighted by Gasteiger charge is -2.13. The second-order valence-corrected chi connectivity index (χ2v) is 5.55. The molecule has 0 fully saturated rings. The van der Waals surface area contributed by atoms with Crippen LogP contribution < -0.4 is 9.47 Å². The summed E-state index contributed by atoms with van der Waals surface area (Å²) in [5, 5.41) is 9.04. The van der Waals surface area contributed by atoms with Crippen LogP contribution in [0, 0.1) is 11.3 Å². The first kappa shape index (κ1) is 20.8. The summed E-state index contributed by atoms with van der Waals surface area (Å²) in [5.74, 6) is -0.286. The van der Waals surface area contributed by atoms with E-state index in [0.29, 0.717) is 16.9 Å². The minimum Gasteiger partial charge on any atom is -0.496 e. The van der Waals surface area contributed by atoms with E-state index in [1.54, 1.807) is 24.3 Å². The molecule has 0 aliphatic heterocycles. The topological polar surface area (TPSA) is 68.6 Å². The SMILES string of the molecule is COC(=O)/C(C#N)=C/c1ccc(OC)c(COc2cccc(C(F)(F)F)c2)c1. The number of benzene rings is 2. The predicted octanol–water partition coefficient (Wildman–Crippen LogP) is 4.37. The third-order valence-corrected chi connectivity index (χ3v) is 3.70. The van der Waals surface area contributed by atoms with Gasteiger partial charge in [0.1, 0.15) is 29.7 Å². The zero-order valence-corrected chi connectivity index (χ0v) is 15.0. The van der Waals surface area contributed by atoms with Gasteiger partial charge in [-0.05, 0) is 42.0 Å². The lowest BCUT2D eigenvalue weighted by atomic mass is 10.1. The zero-order valence-electron chi connectivity index (χ0n) is 15.0. The monoisotopic (exact) mass is 391 g/mol. The highest BCUT2D eigenvalue weighted by Crippen LogP contribution is 2.32. The van der Waals surface area contributed by atoms with Gasteiger partial charge in [-0.2, -0.15) is 18.4 Å². The Labute approximate surface area is 159 Å². The van der Waals surface area contributed by atoms with Gasteiger partial charge in [0, 0.05) is 5.56 Å². The standard InChI is InChI=1S/C20H16F3NO4/c1-26-18-7-6-13(8-14(11-24)19(25)27-2)9-15(18)12-28-17-5-3-4-16(10-17)20(21,22)23/h3-10H,12H2,1-2H3/b14-8+. The van der Waals surface area contributed by atoms with Crippen molar-refractivity contribution in [2.75, 3.05) is 14.2 Å². The Bertz CT molecular complexity index is 930. The first-order valence-corrected chi connectivity index (χ1v) is 7.95. The van der Waals surface area contributed by atoms with Crippen molar-refractivity contribution in [3.8, 4) is 17.6 Å². The normalized spacial score (nSPS) is 11.5. The fourth-order valence-electron chi connectivity index (χ4n) is 2.34. The van der Waals surface area contributed by atoms with Gasteiger partial charge in [-0.1, -0.05) is 12.1 Å². The number of carbonyl (C=O) groups excluding carboxylic acids is 1. The van der Waals surface area contributed by atoms with E-state index in [1.807, 2.05) is 0 Å². The van der Waals surface area contributed by atoms with Gasteiger partial charge in [0.2, 0.25) is 0 Å². The van der Waals surface area contributed by atoms with E-state index >= 15 is 0 Å². The van der Waals surface area contributed by atoms with Crippen LogP contribution in [0.4, 0.5) is 13.2 Å². The molecule has 0 amide bonds. The van der Waals surface area contributed by atoms with Gasteiger partial charge in [0.15, 0.2) is 0 Å². The molecule has 0 spiro atoms. The third-order valence-electron chi connectivity index (χ3n) is 3.70. The molecule has 0 aliphatic rings. The number of carbonyl (C=O) groups is 1. The first-order valence-electron chi connectivity index (χ1n) is 7.95. The molecule has 8 heteroatoms. The maximum atomic E-state index is 12.8. The number of hydrogen-bond donors (Lipinski definition) is 0. The molecule has 0 saturated heterocycles. The number of nitriles is 1. The van der Waals surface area contributed by atoms with Gasteiger partial charge in [-0.25, -0.2) is 4.79 Å². The van der Waals surface area contributed by atoms with Crippen LogP contribution in [-0.4, -0.2) is 20.2 Å². The van der Waals surface area contributed by atoms with Crippen molar-refractivity contribution in [3.63, 3.8) is 0 Å². The summed E-state index contributed by atoms with van der Waals surface area (Å²) < 4.78 is 53.6. The Kier molecular flexibility index (Phi) is 6.66. The van der Waals surface area contributed by atoms with Gasteiger partial charge < -0.3 is 14.2 Å². The van der Waals surface area contributed by atoms with E-state index in [0.717, 1.165) is 19.2 Å². The number of hydrogen-bond acceptors (Lipinski definition) is 5. The molecule has 0 atom stereocenters. The minimum absolute atomic E-state index is 0.0464. The average molecular weight is 391 g/mol. The number of rotatable bonds is 6. The molecule has 0 heterocycles. The smallest absolute Gasteiger partial charge is 0.416 e. The van der Waals surface area contributed by atoms with Crippen LogP contribution in [0.15, 0.2) is 48.0 Å². The Balaban J connectivity index is 2.27. The van der Waals surface area contributed by atoms with Crippen molar-refractivity contribution >= 4 is 12.0 Å². The van der Waals surface area contributed by atoms with Crippen LogP contribution in [0.3, 0.4) is 0 Å². The number of methoxy groups -OCH3 is 2. The number of ether oxygens (including phenoxy) is 3. The molecule has 2 aromatic rings. The highest BCUT2D eigenvalue weighted by atomic mass is 19.4. The van der Waals surface area contributed by atoms with Crippen molar-refractivity contribution in [1.29, 1.82) is 5.26 Å². The van der Waals surface area contributed by atoms with E-state index in [-0.39, 0.29) is 17.9 Å². The number of halogens is 3. The molecule has 0 aliphatic carbocycles. The molecule has 2 rings (SSSR count). The Morgan fingerprint density at radius 3 is 2.54 bits per heavy atom. The van der Waals surface area contributed by atoms with Crippen molar-refractivity contribution in [2.45, 2.75) is 12.8 Å². The maximum absolute atomic E-state index is 12.8. The third kappa shape index (κ3) is 5.27. The highest BCUT2D eigenvalue weighted by molar-refractivity contribution is 5.97. The molecule has 0 unspecified atom stereocenters. The summed E-state index contributed by atoms with van der Waals surface area (Å²) in [5.41, 5.74) is 0.0176. The summed E-state index contributed by atoms with van der Waals surface area (Å²) in [6.45, 7) is -0.0771. The fourth-order valence-corrected chi connectivity index (χ4v) is 2.34. The Morgan fingerprint density at radius 1 is 1.18 bits per heavy atom. The molecular formula is C20H16F3NO4. The van der Waals surface area contributed by atoms with Crippen LogP contribution in [0.25, 0.3) is 6.08 Å². The Hall–Kier alpha value is -3.47. The zero-order chi connectivity index (χ0) is 20.7. The number of alkyl halides is 3. The second kappa shape index (κ2) is 8.95.